The molecule has 0 radical (unpaired) electrons. The molecule has 363 valence electrons. The molecule has 0 aliphatic rings. The fourth-order valence-corrected chi connectivity index (χ4v) is 5.28. The quantitative estimate of drug-likeness (QED) is 0.0574. The third kappa shape index (κ3) is 23.3. The van der Waals surface area contributed by atoms with Crippen molar-refractivity contribution >= 4 is 140 Å². The van der Waals surface area contributed by atoms with E-state index in [-0.39, 0.29) is 27.3 Å². The summed E-state index contributed by atoms with van der Waals surface area (Å²) in [7, 11) is 2.02. The van der Waals surface area contributed by atoms with Crippen LogP contribution < -0.4 is 11.3 Å². The Morgan fingerprint density at radius 3 is 1.71 bits per heavy atom. The molecule has 0 amide bonds. The van der Waals surface area contributed by atoms with Gasteiger partial charge in [0.2, 0.25) is 0 Å². The normalized spacial score (nSPS) is 10.1. The first-order chi connectivity index (χ1) is 32.2. The van der Waals surface area contributed by atoms with Gasteiger partial charge >= 0.3 is 120 Å². The Morgan fingerprint density at radius 1 is 0.824 bits per heavy atom. The van der Waals surface area contributed by atoms with Crippen LogP contribution in [0.5, 0.6) is 0 Å². The molecule has 0 bridgehead atoms. The fraction of sp³-hybridized carbons (Fsp3) is 0.286. The summed E-state index contributed by atoms with van der Waals surface area (Å²) >= 11 is 12.1. The number of aromatic amines is 1. The standard InChI is InChI=1S/C19H18N4O.C11H14N4O.C9H10O2.2C5H7.5HI.2V/c1-19(2,3)15-10-16-20-11-13-9-14(12-7-5-4-6-8-12)18(24)21-17(13)23(16)22-15;1-11(2,3)8-4-9-13-5-7(6-16)10(12)15(9)14-8;1-11-9(10)7-8-5-3-2-4-6-8;2*1-3-5-4-2;;;;;;;/h4-11H,1-3H3,(H,21,24);4-6H,12H2,1-3H3;2-6H,7H2,1H3;2*1,3H2,2H3;5*1H;;/q;;;2*-1;;;;;;+2;+3/p-5. The van der Waals surface area contributed by atoms with E-state index in [0.29, 0.717) is 50.4 Å². The number of anilines is 1. The molecule has 7 aromatic rings. The minimum absolute atomic E-state index is 0.0680. The van der Waals surface area contributed by atoms with Gasteiger partial charge in [-0.25, -0.2) is 9.97 Å². The van der Waals surface area contributed by atoms with E-state index >= 15 is 0 Å². The number of nitrogen functional groups attached to an aromatic ring is 1. The van der Waals surface area contributed by atoms with Crippen LogP contribution in [-0.4, -0.2) is 53.5 Å². The van der Waals surface area contributed by atoms with Crippen LogP contribution in [0.3, 0.4) is 0 Å². The molecule has 0 unspecified atom stereocenters. The molecular weight excluding hydrogens is 1500 g/mol. The average Bonchev–Trinajstić information content (AvgIpc) is 3.96. The van der Waals surface area contributed by atoms with Gasteiger partial charge in [-0.15, -0.1) is 36.5 Å². The van der Waals surface area contributed by atoms with Crippen molar-refractivity contribution in [1.82, 2.24) is 34.2 Å². The number of nitrogens with zero attached hydrogens (tertiary/aromatic N) is 6. The number of benzene rings is 2. The van der Waals surface area contributed by atoms with Crippen molar-refractivity contribution in [3.8, 4) is 34.8 Å². The number of rotatable bonds is 4. The molecule has 5 aromatic heterocycles. The molecule has 3 N–H and O–H groups in total. The van der Waals surface area contributed by atoms with E-state index in [1.807, 2.05) is 92.7 Å². The number of hydrogen-bond acceptors (Lipinski definition) is 9. The molecule has 68 heavy (non-hydrogen) atoms. The molecule has 2 aromatic carbocycles. The SMILES string of the molecule is CC(C)(C)c1cc2ncc(C=O)c(N)n2n1.CC(C)(C)c1cc2ncc3cc(-c4ccccc4)c(=O)[nH]c3n2n1.COC(=O)Cc1ccccc1.[CH2-]CC#CC.[CH2-]CC#CC.[I][V]([I])[I].[I][V][I]. The molecule has 0 saturated carbocycles. The summed E-state index contributed by atoms with van der Waals surface area (Å²) in [5, 5.41) is 9.85. The number of carbonyl (C=O) groups is 2. The summed E-state index contributed by atoms with van der Waals surface area (Å²) in [5.41, 5.74) is 12.3. The van der Waals surface area contributed by atoms with E-state index in [1.165, 1.54) is 17.8 Å². The number of H-pyrrole nitrogens is 1. The number of fused-ring (bicyclic) bond motifs is 4. The summed E-state index contributed by atoms with van der Waals surface area (Å²) in [5.74, 6) is 11.0. The van der Waals surface area contributed by atoms with E-state index in [1.54, 1.807) is 10.7 Å². The number of pyridine rings is 1. The zero-order chi connectivity index (χ0) is 51.5. The van der Waals surface area contributed by atoms with E-state index in [2.05, 4.69) is 209 Å². The first-order valence-corrected chi connectivity index (χ1v) is 43.0. The van der Waals surface area contributed by atoms with Crippen LogP contribution in [0.4, 0.5) is 5.82 Å². The van der Waals surface area contributed by atoms with Gasteiger partial charge in [-0.3, -0.25) is 14.4 Å². The Kier molecular flexibility index (Phi) is 32.1. The van der Waals surface area contributed by atoms with Crippen LogP contribution >= 0.6 is 99.9 Å². The molecule has 0 fully saturated rings. The van der Waals surface area contributed by atoms with E-state index in [0.717, 1.165) is 46.4 Å². The predicted molar refractivity (Wildman–Crippen MR) is 316 cm³/mol. The van der Waals surface area contributed by atoms with Gasteiger partial charge in [0.25, 0.3) is 5.56 Å². The number of nitrogens with one attached hydrogen (secondary N) is 1. The molecule has 0 aliphatic heterocycles. The number of esters is 1. The molecule has 19 heteroatoms. The van der Waals surface area contributed by atoms with Gasteiger partial charge in [0.15, 0.2) is 17.6 Å². The van der Waals surface area contributed by atoms with Gasteiger partial charge in [-0.05, 0) is 31.0 Å². The number of ether oxygens (including phenoxy) is 1. The molecule has 12 nitrogen and oxygen atoms in total. The van der Waals surface area contributed by atoms with Gasteiger partial charge in [-0.2, -0.15) is 19.2 Å². The molecule has 0 aliphatic carbocycles. The number of hydrogen-bond donors (Lipinski definition) is 2. The number of nitrogens with two attached hydrogens (primary N) is 1. The van der Waals surface area contributed by atoms with Gasteiger partial charge in [0.05, 0.1) is 30.5 Å². The first-order valence-electron chi connectivity index (χ1n) is 20.4. The van der Waals surface area contributed by atoms with E-state index < -0.39 is 0 Å². The third-order valence-corrected chi connectivity index (χ3v) is 8.61. The second kappa shape index (κ2) is 34.2. The Labute approximate surface area is 468 Å². The maximum absolute atomic E-state index is 12.6. The Bertz CT molecular complexity index is 2780. The number of carbonyl (C=O) groups excluding carboxylic acids is 2. The van der Waals surface area contributed by atoms with Crippen molar-refractivity contribution in [2.24, 2.45) is 0 Å². The van der Waals surface area contributed by atoms with E-state index in [4.69, 9.17) is 5.73 Å². The average molecular weight is 1560 g/mol. The Hall–Kier alpha value is -2.23. The summed E-state index contributed by atoms with van der Waals surface area (Å²) in [6.45, 7) is 23.1. The van der Waals surface area contributed by atoms with Gasteiger partial charge in [0, 0.05) is 46.3 Å². The van der Waals surface area contributed by atoms with Gasteiger partial charge < -0.3 is 29.3 Å². The molecule has 0 spiro atoms. The van der Waals surface area contributed by atoms with Crippen LogP contribution in [0.15, 0.2) is 96.1 Å². The van der Waals surface area contributed by atoms with E-state index in [9.17, 15) is 14.4 Å². The topological polar surface area (TPSA) is 163 Å². The fourth-order valence-electron chi connectivity index (χ4n) is 5.28. The Morgan fingerprint density at radius 2 is 1.28 bits per heavy atom. The summed E-state index contributed by atoms with van der Waals surface area (Å²) in [4.78, 5) is 45.4. The van der Waals surface area contributed by atoms with Crippen LogP contribution in [0.25, 0.3) is 33.5 Å². The Balaban J connectivity index is 0.000000455. The van der Waals surface area contributed by atoms with Crippen molar-refractivity contribution in [3.63, 3.8) is 0 Å². The second-order valence-electron chi connectivity index (χ2n) is 15.6. The maximum atomic E-state index is 12.6. The van der Waals surface area contributed by atoms with Crippen molar-refractivity contribution in [2.45, 2.75) is 85.5 Å². The summed E-state index contributed by atoms with van der Waals surface area (Å²) in [6, 6.07) is 24.9. The minimum atomic E-state index is -0.278. The first kappa shape index (κ1) is 63.8. The number of halogens is 5. The van der Waals surface area contributed by atoms with Gasteiger partial charge in [-0.1, -0.05) is 102 Å². The monoisotopic (exact) mass is 1560 g/mol. The molecule has 0 saturated heterocycles. The van der Waals surface area contributed by atoms with Gasteiger partial charge in [0.1, 0.15) is 11.5 Å². The number of methoxy groups -OCH3 is 1. The second-order valence-corrected chi connectivity index (χ2v) is 62.8. The molecular formula is C49H56I5N8O4V2-2. The van der Waals surface area contributed by atoms with Crippen LogP contribution in [0, 0.1) is 37.5 Å². The zero-order valence-corrected chi connectivity index (χ0v) is 53.0. The number of aldehydes is 1. The van der Waals surface area contributed by atoms with Crippen molar-refractivity contribution in [2.75, 3.05) is 12.8 Å². The molecule has 5 heterocycles. The third-order valence-electron chi connectivity index (χ3n) is 8.61. The summed E-state index contributed by atoms with van der Waals surface area (Å²) < 4.78 is 7.73. The van der Waals surface area contributed by atoms with Crippen LogP contribution in [0.1, 0.15) is 95.5 Å². The van der Waals surface area contributed by atoms with Crippen molar-refractivity contribution < 1.29 is 28.7 Å². The summed E-state index contributed by atoms with van der Waals surface area (Å²) in [6.07, 6.45) is 5.75. The van der Waals surface area contributed by atoms with Crippen LogP contribution in [0.2, 0.25) is 0 Å². The predicted octanol–water partition coefficient (Wildman–Crippen LogP) is 13.3. The van der Waals surface area contributed by atoms with Crippen molar-refractivity contribution in [1.29, 1.82) is 0 Å². The number of aromatic nitrogens is 7. The van der Waals surface area contributed by atoms with Crippen molar-refractivity contribution in [3.05, 3.63) is 138 Å². The van der Waals surface area contributed by atoms with Crippen LogP contribution in [-0.2, 0) is 41.2 Å². The zero-order valence-electron chi connectivity index (χ0n) is 39.5. The molecule has 7 rings (SSSR count). The molecule has 0 atom stereocenters.